The molecule has 0 aromatic heterocycles. The average molecular weight is 208 g/mol. The molecule has 0 aliphatic heterocycles. The summed E-state index contributed by atoms with van der Waals surface area (Å²) in [6.07, 6.45) is 5.59. The van der Waals surface area contributed by atoms with E-state index in [-0.39, 0.29) is 0 Å². The quantitative estimate of drug-likeness (QED) is 0.605. The van der Waals surface area contributed by atoms with Gasteiger partial charge in [-0.05, 0) is 18.1 Å². The van der Waals surface area contributed by atoms with Crippen molar-refractivity contribution in [3.8, 4) is 0 Å². The molecule has 0 radical (unpaired) electrons. The van der Waals surface area contributed by atoms with Gasteiger partial charge in [-0.2, -0.15) is 11.8 Å². The largest absolute Gasteiger partial charge is 0.161 e. The van der Waals surface area contributed by atoms with Crippen LogP contribution in [0.5, 0.6) is 0 Å². The number of hydrogen-bond donors (Lipinski definition) is 0. The highest BCUT2D eigenvalue weighted by Crippen LogP contribution is 2.29. The standard InChI is InChI=1S/C8H16S3/c1-4-8(2)11-10-7-5-6-9-3/h5,7-8H,4,6H2,1-3H3. The van der Waals surface area contributed by atoms with Crippen LogP contribution in [0.3, 0.4) is 0 Å². The number of thioether (sulfide) groups is 1. The average Bonchev–Trinajstić information content (AvgIpc) is 2.04. The second-order valence-electron chi connectivity index (χ2n) is 2.24. The summed E-state index contributed by atoms with van der Waals surface area (Å²) in [5, 5.41) is 2.96. The van der Waals surface area contributed by atoms with Gasteiger partial charge in [0.25, 0.3) is 0 Å². The molecule has 11 heavy (non-hydrogen) atoms. The molecule has 0 spiro atoms. The highest BCUT2D eigenvalue weighted by molar-refractivity contribution is 8.78. The normalized spacial score (nSPS) is 14.1. The Kier molecular flexibility index (Phi) is 9.52. The number of hydrogen-bond acceptors (Lipinski definition) is 3. The minimum atomic E-state index is 0.777. The van der Waals surface area contributed by atoms with E-state index < -0.39 is 0 Å². The molecule has 0 bridgehead atoms. The summed E-state index contributed by atoms with van der Waals surface area (Å²) in [5.41, 5.74) is 0. The summed E-state index contributed by atoms with van der Waals surface area (Å²) in [5.74, 6) is 1.13. The van der Waals surface area contributed by atoms with E-state index >= 15 is 0 Å². The Labute approximate surface area is 82.4 Å². The van der Waals surface area contributed by atoms with Gasteiger partial charge in [0.15, 0.2) is 0 Å². The first kappa shape index (κ1) is 11.8. The fourth-order valence-corrected chi connectivity index (χ4v) is 2.75. The second kappa shape index (κ2) is 8.88. The Bertz CT molecular complexity index is 102. The Balaban J connectivity index is 3.12. The lowest BCUT2D eigenvalue weighted by molar-refractivity contribution is 0.912. The van der Waals surface area contributed by atoms with E-state index in [1.54, 1.807) is 0 Å². The van der Waals surface area contributed by atoms with Gasteiger partial charge in [-0.15, -0.1) is 0 Å². The molecule has 0 heterocycles. The third-order valence-corrected chi connectivity index (χ3v) is 4.46. The van der Waals surface area contributed by atoms with Crippen molar-refractivity contribution >= 4 is 33.3 Å². The number of rotatable bonds is 6. The van der Waals surface area contributed by atoms with E-state index in [1.165, 1.54) is 6.42 Å². The van der Waals surface area contributed by atoms with Crippen molar-refractivity contribution in [2.45, 2.75) is 25.5 Å². The predicted octanol–water partition coefficient (Wildman–Crippen LogP) is 4.04. The molecule has 0 amide bonds. The van der Waals surface area contributed by atoms with Crippen LogP contribution in [0.4, 0.5) is 0 Å². The lowest BCUT2D eigenvalue weighted by Crippen LogP contribution is -1.87. The molecule has 0 saturated heterocycles. The predicted molar refractivity (Wildman–Crippen MR) is 62.5 cm³/mol. The smallest absolute Gasteiger partial charge is 0.0123 e. The van der Waals surface area contributed by atoms with Crippen LogP contribution >= 0.6 is 33.3 Å². The van der Waals surface area contributed by atoms with Crippen LogP contribution < -0.4 is 0 Å². The van der Waals surface area contributed by atoms with Crippen molar-refractivity contribution in [1.82, 2.24) is 0 Å². The van der Waals surface area contributed by atoms with Gasteiger partial charge in [0.1, 0.15) is 0 Å². The van der Waals surface area contributed by atoms with Gasteiger partial charge in [0.2, 0.25) is 0 Å². The first-order chi connectivity index (χ1) is 5.31. The molecule has 66 valence electrons. The van der Waals surface area contributed by atoms with Crippen LogP contribution in [-0.4, -0.2) is 17.3 Å². The van der Waals surface area contributed by atoms with Crippen molar-refractivity contribution in [1.29, 1.82) is 0 Å². The van der Waals surface area contributed by atoms with Gasteiger partial charge in [0.05, 0.1) is 0 Å². The van der Waals surface area contributed by atoms with Crippen LogP contribution in [-0.2, 0) is 0 Å². The molecule has 1 unspecified atom stereocenters. The maximum atomic E-state index is 2.26. The Morgan fingerprint density at radius 3 is 2.73 bits per heavy atom. The Hall–Kier alpha value is 0.790. The molecule has 0 aromatic carbocycles. The molecule has 0 fully saturated rings. The van der Waals surface area contributed by atoms with E-state index in [0.29, 0.717) is 0 Å². The fourth-order valence-electron chi connectivity index (χ4n) is 0.370. The highest BCUT2D eigenvalue weighted by Gasteiger charge is 1.95. The Morgan fingerprint density at radius 2 is 2.18 bits per heavy atom. The topological polar surface area (TPSA) is 0 Å². The van der Waals surface area contributed by atoms with Gasteiger partial charge in [-0.3, -0.25) is 0 Å². The fraction of sp³-hybridized carbons (Fsp3) is 0.750. The molecule has 1 atom stereocenters. The zero-order valence-electron chi connectivity index (χ0n) is 7.37. The second-order valence-corrected chi connectivity index (χ2v) is 5.77. The van der Waals surface area contributed by atoms with Gasteiger partial charge in [-0.25, -0.2) is 0 Å². The van der Waals surface area contributed by atoms with Crippen molar-refractivity contribution < 1.29 is 0 Å². The first-order valence-electron chi connectivity index (χ1n) is 3.77. The summed E-state index contributed by atoms with van der Waals surface area (Å²) < 4.78 is 0. The molecule has 3 heteroatoms. The van der Waals surface area contributed by atoms with E-state index in [2.05, 4.69) is 31.6 Å². The summed E-state index contributed by atoms with van der Waals surface area (Å²) >= 11 is 1.86. The van der Waals surface area contributed by atoms with Gasteiger partial charge >= 0.3 is 0 Å². The molecule has 0 aromatic rings. The monoisotopic (exact) mass is 208 g/mol. The van der Waals surface area contributed by atoms with Crippen molar-refractivity contribution in [2.75, 3.05) is 12.0 Å². The van der Waals surface area contributed by atoms with E-state index in [9.17, 15) is 0 Å². The minimum absolute atomic E-state index is 0.777. The van der Waals surface area contributed by atoms with E-state index in [4.69, 9.17) is 0 Å². The maximum Gasteiger partial charge on any atom is 0.0123 e. The molecule has 0 aliphatic carbocycles. The minimum Gasteiger partial charge on any atom is -0.161 e. The van der Waals surface area contributed by atoms with Gasteiger partial charge in [0, 0.05) is 11.0 Å². The highest BCUT2D eigenvalue weighted by atomic mass is 33.1. The van der Waals surface area contributed by atoms with Crippen LogP contribution in [0.2, 0.25) is 0 Å². The van der Waals surface area contributed by atoms with Gasteiger partial charge in [-0.1, -0.05) is 41.5 Å². The van der Waals surface area contributed by atoms with Crippen molar-refractivity contribution in [3.05, 3.63) is 11.5 Å². The molecule has 0 N–H and O–H groups in total. The summed E-state index contributed by atoms with van der Waals surface area (Å²) in [7, 11) is 3.80. The van der Waals surface area contributed by atoms with Crippen LogP contribution in [0, 0.1) is 0 Å². The lowest BCUT2D eigenvalue weighted by atomic mass is 10.4. The molecule has 0 saturated carbocycles. The van der Waals surface area contributed by atoms with Crippen LogP contribution in [0.15, 0.2) is 11.5 Å². The van der Waals surface area contributed by atoms with E-state index in [0.717, 1.165) is 11.0 Å². The first-order valence-corrected chi connectivity index (χ1v) is 7.44. The maximum absolute atomic E-state index is 2.26. The van der Waals surface area contributed by atoms with Crippen LogP contribution in [0.1, 0.15) is 20.3 Å². The van der Waals surface area contributed by atoms with Crippen molar-refractivity contribution in [2.24, 2.45) is 0 Å². The van der Waals surface area contributed by atoms with Gasteiger partial charge < -0.3 is 0 Å². The summed E-state index contributed by atoms with van der Waals surface area (Å²) in [4.78, 5) is 0. The summed E-state index contributed by atoms with van der Waals surface area (Å²) in [6, 6.07) is 0. The SMILES string of the molecule is CCC(C)SSC=CCSC. The summed E-state index contributed by atoms with van der Waals surface area (Å²) in [6.45, 7) is 4.49. The molecular weight excluding hydrogens is 192 g/mol. The third-order valence-electron chi connectivity index (χ3n) is 1.21. The molecule has 0 aliphatic rings. The zero-order chi connectivity index (χ0) is 8.53. The lowest BCUT2D eigenvalue weighted by Gasteiger charge is -2.02. The van der Waals surface area contributed by atoms with E-state index in [1.807, 2.05) is 33.3 Å². The van der Waals surface area contributed by atoms with Crippen LogP contribution in [0.25, 0.3) is 0 Å². The molecule has 0 rings (SSSR count). The molecule has 0 nitrogen and oxygen atoms in total. The Morgan fingerprint density at radius 1 is 1.45 bits per heavy atom. The zero-order valence-corrected chi connectivity index (χ0v) is 9.82. The third kappa shape index (κ3) is 8.70. The molecular formula is C8H16S3. The van der Waals surface area contributed by atoms with Crippen molar-refractivity contribution in [3.63, 3.8) is 0 Å².